The van der Waals surface area contributed by atoms with Gasteiger partial charge in [0.05, 0.1) is 4.90 Å². The van der Waals surface area contributed by atoms with Gasteiger partial charge in [-0.2, -0.15) is 0 Å². The first-order valence-electron chi connectivity index (χ1n) is 7.46. The van der Waals surface area contributed by atoms with Gasteiger partial charge in [0.1, 0.15) is 5.41 Å². The third-order valence-electron chi connectivity index (χ3n) is 3.66. The number of benzene rings is 2. The molecule has 0 spiro atoms. The largest absolute Gasteiger partial charge is 0.326 e. The number of hydrogen-bond acceptors (Lipinski definition) is 3. The van der Waals surface area contributed by atoms with Gasteiger partial charge in [0.25, 0.3) is 10.0 Å². The van der Waals surface area contributed by atoms with Crippen molar-refractivity contribution in [2.45, 2.75) is 37.6 Å². The van der Waals surface area contributed by atoms with E-state index in [9.17, 15) is 12.8 Å². The highest BCUT2D eigenvalue weighted by Gasteiger charge is 2.23. The van der Waals surface area contributed by atoms with Crippen molar-refractivity contribution in [3.63, 3.8) is 0 Å². The molecule has 2 atom stereocenters. The van der Waals surface area contributed by atoms with Gasteiger partial charge < -0.3 is 5.73 Å². The number of halogens is 1. The van der Waals surface area contributed by atoms with Gasteiger partial charge in [0.15, 0.2) is 0 Å². The average Bonchev–Trinajstić information content (AvgIpc) is 2.44. The quantitative estimate of drug-likeness (QED) is 0.793. The second kappa shape index (κ2) is 6.79. The minimum Gasteiger partial charge on any atom is -0.326 e. The first-order chi connectivity index (χ1) is 11.0. The van der Waals surface area contributed by atoms with Gasteiger partial charge in [-0.1, -0.05) is 39.1 Å². The zero-order chi connectivity index (χ0) is 18.1. The Labute approximate surface area is 144 Å². The lowest BCUT2D eigenvalue weighted by Crippen LogP contribution is -2.18. The Kier molecular flexibility index (Phi) is 5.33. The molecule has 0 bridgehead atoms. The first kappa shape index (κ1) is 18.8. The number of nitrogens with two attached hydrogens (primary N) is 1. The van der Waals surface area contributed by atoms with E-state index in [0.717, 1.165) is 5.56 Å². The fraction of sp³-hybridized carbons (Fsp3) is 0.294. The molecule has 2 unspecified atom stereocenters. The Morgan fingerprint density at radius 3 is 2.50 bits per heavy atom. The molecule has 3 N–H and O–H groups in total. The van der Waals surface area contributed by atoms with Gasteiger partial charge >= 0.3 is 0 Å². The van der Waals surface area contributed by atoms with Crippen molar-refractivity contribution in [3.05, 3.63) is 58.7 Å². The number of hydrogen-bond donors (Lipinski definition) is 2. The minimum atomic E-state index is -3.83. The van der Waals surface area contributed by atoms with Crippen LogP contribution in [0.1, 0.15) is 29.2 Å². The molecule has 0 heterocycles. The zero-order valence-corrected chi connectivity index (χ0v) is 15.9. The molecule has 2 aromatic carbocycles. The topological polar surface area (TPSA) is 72.2 Å². The van der Waals surface area contributed by atoms with Crippen LogP contribution >= 0.6 is 9.24 Å². The van der Waals surface area contributed by atoms with Crippen LogP contribution in [0.15, 0.2) is 41.3 Å². The van der Waals surface area contributed by atoms with E-state index < -0.39 is 15.4 Å². The van der Waals surface area contributed by atoms with Crippen LogP contribution in [-0.4, -0.2) is 8.42 Å². The minimum absolute atomic E-state index is 0.118. The number of nitrogens with one attached hydrogen (secondary N) is 1. The van der Waals surface area contributed by atoms with E-state index in [4.69, 9.17) is 5.73 Å². The van der Waals surface area contributed by atoms with Crippen LogP contribution in [-0.2, 0) is 22.0 Å². The van der Waals surface area contributed by atoms with E-state index in [1.807, 2.05) is 6.92 Å². The van der Waals surface area contributed by atoms with Crippen LogP contribution < -0.4 is 10.5 Å². The number of sulfonamides is 1. The van der Waals surface area contributed by atoms with Crippen LogP contribution in [0.5, 0.6) is 0 Å². The van der Waals surface area contributed by atoms with E-state index in [-0.39, 0.29) is 11.4 Å². The summed E-state index contributed by atoms with van der Waals surface area (Å²) >= 11 is 0. The lowest BCUT2D eigenvalue weighted by atomic mass is 10.1. The SMILES string of the molecule is Cc1cc(C)c(S(=O)(=O)Nc2cccc(C(C)(F)P)c2)c(CN)c1. The Bertz CT molecular complexity index is 861. The Morgan fingerprint density at radius 2 is 1.92 bits per heavy atom. The van der Waals surface area contributed by atoms with Crippen LogP contribution in [0.4, 0.5) is 10.1 Å². The van der Waals surface area contributed by atoms with Crippen LogP contribution in [0.25, 0.3) is 0 Å². The Balaban J connectivity index is 2.47. The van der Waals surface area contributed by atoms with Crippen molar-refractivity contribution < 1.29 is 12.8 Å². The Hall–Kier alpha value is -1.49. The van der Waals surface area contributed by atoms with Crippen molar-refractivity contribution in [1.82, 2.24) is 0 Å². The lowest BCUT2D eigenvalue weighted by molar-refractivity contribution is 0.324. The van der Waals surface area contributed by atoms with Crippen LogP contribution in [0.3, 0.4) is 0 Å². The number of rotatable bonds is 5. The maximum atomic E-state index is 14.1. The van der Waals surface area contributed by atoms with Gasteiger partial charge in [-0.25, -0.2) is 12.8 Å². The average molecular weight is 368 g/mol. The maximum Gasteiger partial charge on any atom is 0.262 e. The molecule has 0 saturated carbocycles. The van der Waals surface area contributed by atoms with Gasteiger partial charge in [-0.05, 0) is 49.6 Å². The summed E-state index contributed by atoms with van der Waals surface area (Å²) in [5.41, 5.74) is 8.52. The second-order valence-corrected chi connectivity index (χ2v) is 8.74. The molecule has 0 aliphatic carbocycles. The lowest BCUT2D eigenvalue weighted by Gasteiger charge is -2.18. The summed E-state index contributed by atoms with van der Waals surface area (Å²) in [6.07, 6.45) is 0. The monoisotopic (exact) mass is 368 g/mol. The van der Waals surface area contributed by atoms with Crippen molar-refractivity contribution in [3.8, 4) is 0 Å². The highest BCUT2D eigenvalue weighted by atomic mass is 32.2. The van der Waals surface area contributed by atoms with Gasteiger partial charge in [0.2, 0.25) is 0 Å². The third-order valence-corrected chi connectivity index (χ3v) is 5.62. The van der Waals surface area contributed by atoms with E-state index in [1.165, 1.54) is 13.0 Å². The second-order valence-electron chi connectivity index (χ2n) is 6.04. The molecule has 2 rings (SSSR count). The summed E-state index contributed by atoms with van der Waals surface area (Å²) in [6, 6.07) is 9.85. The summed E-state index contributed by atoms with van der Waals surface area (Å²) in [5, 5.41) is -1.64. The first-order valence-corrected chi connectivity index (χ1v) is 9.52. The maximum absolute atomic E-state index is 14.1. The van der Waals surface area contributed by atoms with Crippen molar-refractivity contribution in [1.29, 1.82) is 0 Å². The van der Waals surface area contributed by atoms with Gasteiger partial charge in [-0.15, -0.1) is 0 Å². The van der Waals surface area contributed by atoms with Crippen molar-refractivity contribution in [2.75, 3.05) is 4.72 Å². The van der Waals surface area contributed by atoms with E-state index >= 15 is 0 Å². The molecule has 0 aliphatic heterocycles. The molecule has 0 aliphatic rings. The zero-order valence-electron chi connectivity index (χ0n) is 13.9. The predicted molar refractivity (Wildman–Crippen MR) is 99.2 cm³/mol. The normalized spacial score (nSPS) is 14.2. The molecule has 0 saturated heterocycles. The Morgan fingerprint density at radius 1 is 1.25 bits per heavy atom. The van der Waals surface area contributed by atoms with Gasteiger partial charge in [-0.3, -0.25) is 4.72 Å². The standard InChI is InChI=1S/C17H22FN2O2PS/c1-11-7-12(2)16(13(8-11)10-19)24(21,22)20-15-6-4-5-14(9-15)17(3,18)23/h4-9,20H,10,19,23H2,1-3H3. The number of anilines is 1. The summed E-state index contributed by atoms with van der Waals surface area (Å²) in [6.45, 7) is 5.13. The molecule has 0 radical (unpaired) electrons. The number of aryl methyl sites for hydroxylation is 2. The predicted octanol–water partition coefficient (Wildman–Crippen LogP) is 3.58. The molecule has 7 heteroatoms. The summed E-state index contributed by atoms with van der Waals surface area (Å²) in [4.78, 5) is 0.176. The summed E-state index contributed by atoms with van der Waals surface area (Å²) < 4.78 is 42.2. The molecule has 0 fully saturated rings. The summed E-state index contributed by atoms with van der Waals surface area (Å²) in [5.74, 6) is 0. The molecule has 0 amide bonds. The van der Waals surface area contributed by atoms with E-state index in [0.29, 0.717) is 22.4 Å². The molecular weight excluding hydrogens is 346 g/mol. The molecule has 24 heavy (non-hydrogen) atoms. The smallest absolute Gasteiger partial charge is 0.262 e. The molecule has 0 aromatic heterocycles. The van der Waals surface area contributed by atoms with Crippen LogP contribution in [0, 0.1) is 13.8 Å². The molecule has 4 nitrogen and oxygen atoms in total. The van der Waals surface area contributed by atoms with Crippen molar-refractivity contribution in [2.24, 2.45) is 5.73 Å². The van der Waals surface area contributed by atoms with E-state index in [1.54, 1.807) is 37.3 Å². The third kappa shape index (κ3) is 4.12. The highest BCUT2D eigenvalue weighted by Crippen LogP contribution is 2.34. The molecule has 2 aromatic rings. The fourth-order valence-corrected chi connectivity index (χ4v) is 4.36. The number of alkyl halides is 1. The molecule has 130 valence electrons. The van der Waals surface area contributed by atoms with Crippen molar-refractivity contribution >= 4 is 25.0 Å². The van der Waals surface area contributed by atoms with Gasteiger partial charge in [0, 0.05) is 12.2 Å². The highest BCUT2D eigenvalue weighted by molar-refractivity contribution is 7.92. The molecular formula is C17H22FN2O2PS. The summed E-state index contributed by atoms with van der Waals surface area (Å²) in [7, 11) is -1.73. The fourth-order valence-electron chi connectivity index (χ4n) is 2.67. The van der Waals surface area contributed by atoms with Crippen LogP contribution in [0.2, 0.25) is 0 Å². The van der Waals surface area contributed by atoms with E-state index in [2.05, 4.69) is 14.0 Å².